The SMILES string of the molecule is COc1ccc(CC(CCc2ccc3c(c2)C2(c4ccccc4-3)c3ccccc3-c3ccc(Nc4ccc(OC)cc4)cc32)c2ccc(OC)cc2)cc1. The Morgan fingerprint density at radius 1 is 0.463 bits per heavy atom. The van der Waals surface area contributed by atoms with E-state index in [0.29, 0.717) is 5.92 Å². The van der Waals surface area contributed by atoms with E-state index in [-0.39, 0.29) is 0 Å². The third-order valence-electron chi connectivity index (χ3n) is 11.5. The van der Waals surface area contributed by atoms with Crippen LogP contribution in [0.2, 0.25) is 0 Å². The predicted molar refractivity (Wildman–Crippen MR) is 220 cm³/mol. The van der Waals surface area contributed by atoms with Crippen LogP contribution in [0.15, 0.2) is 158 Å². The van der Waals surface area contributed by atoms with E-state index in [1.165, 1.54) is 61.2 Å². The minimum atomic E-state index is -0.427. The number of anilines is 2. The normalized spacial score (nSPS) is 15.2. The molecule has 0 bridgehead atoms. The standard InChI is InChI=1S/C50H43NO3/c1-52-39-22-13-33(14-23-39)30-36(35-17-24-40(53-2)25-18-35)16-12-34-15-28-44-42-8-4-6-10-46(42)50(48(44)31-34)47-11-7-5-9-43(47)45-29-21-38(32-49(45)50)51-37-19-26-41(54-3)27-20-37/h4-11,13-15,17-29,31-32,36,51H,12,16,30H2,1-3H3. The van der Waals surface area contributed by atoms with Crippen LogP contribution >= 0.6 is 0 Å². The molecule has 0 saturated heterocycles. The van der Waals surface area contributed by atoms with Gasteiger partial charge in [-0.2, -0.15) is 0 Å². The fraction of sp³-hybridized carbons (Fsp3) is 0.160. The van der Waals surface area contributed by atoms with E-state index in [1.807, 2.05) is 12.1 Å². The summed E-state index contributed by atoms with van der Waals surface area (Å²) in [6.45, 7) is 0. The van der Waals surface area contributed by atoms with Crippen molar-refractivity contribution in [3.8, 4) is 39.5 Å². The van der Waals surface area contributed by atoms with Gasteiger partial charge in [-0.1, -0.05) is 97.1 Å². The van der Waals surface area contributed by atoms with Crippen molar-refractivity contribution in [3.05, 3.63) is 197 Å². The predicted octanol–water partition coefficient (Wildman–Crippen LogP) is 11.8. The van der Waals surface area contributed by atoms with Gasteiger partial charge in [0.1, 0.15) is 17.2 Å². The molecular weight excluding hydrogens is 663 g/mol. The Hall–Kier alpha value is -6.26. The molecule has 0 saturated carbocycles. The summed E-state index contributed by atoms with van der Waals surface area (Å²) in [7, 11) is 5.14. The summed E-state index contributed by atoms with van der Waals surface area (Å²) in [5, 5.41) is 3.69. The molecule has 266 valence electrons. The zero-order valence-corrected chi connectivity index (χ0v) is 30.9. The summed E-state index contributed by atoms with van der Waals surface area (Å²) >= 11 is 0. The second-order valence-corrected chi connectivity index (χ2v) is 14.4. The number of benzene rings is 7. The molecule has 7 aromatic carbocycles. The lowest BCUT2D eigenvalue weighted by Gasteiger charge is -2.31. The van der Waals surface area contributed by atoms with E-state index < -0.39 is 5.41 Å². The lowest BCUT2D eigenvalue weighted by Crippen LogP contribution is -2.26. The first kappa shape index (κ1) is 33.6. The highest BCUT2D eigenvalue weighted by Gasteiger charge is 2.51. The van der Waals surface area contributed by atoms with Gasteiger partial charge < -0.3 is 19.5 Å². The average Bonchev–Trinajstić information content (AvgIpc) is 3.69. The molecule has 2 aliphatic rings. The second kappa shape index (κ2) is 13.9. The molecule has 7 aromatic rings. The highest BCUT2D eigenvalue weighted by atomic mass is 16.5. The summed E-state index contributed by atoms with van der Waals surface area (Å²) in [6.07, 6.45) is 2.92. The molecular formula is C50H43NO3. The van der Waals surface area contributed by atoms with Gasteiger partial charge >= 0.3 is 0 Å². The van der Waals surface area contributed by atoms with Crippen molar-refractivity contribution in [2.45, 2.75) is 30.6 Å². The third-order valence-corrected chi connectivity index (χ3v) is 11.5. The second-order valence-electron chi connectivity index (χ2n) is 14.4. The fourth-order valence-corrected chi connectivity index (χ4v) is 8.91. The van der Waals surface area contributed by atoms with Gasteiger partial charge in [0.2, 0.25) is 0 Å². The van der Waals surface area contributed by atoms with E-state index >= 15 is 0 Å². The van der Waals surface area contributed by atoms with Crippen LogP contribution in [-0.2, 0) is 18.3 Å². The van der Waals surface area contributed by atoms with Gasteiger partial charge in [0, 0.05) is 11.4 Å². The Bertz CT molecular complexity index is 2440. The molecule has 1 spiro atoms. The monoisotopic (exact) mass is 705 g/mol. The molecule has 4 nitrogen and oxygen atoms in total. The molecule has 1 N–H and O–H groups in total. The number of hydrogen-bond acceptors (Lipinski definition) is 4. The van der Waals surface area contributed by atoms with Crippen molar-refractivity contribution in [2.24, 2.45) is 0 Å². The molecule has 0 radical (unpaired) electrons. The Labute approximate surface area is 318 Å². The minimum absolute atomic E-state index is 0.336. The quantitative estimate of drug-likeness (QED) is 0.145. The molecule has 0 aromatic heterocycles. The lowest BCUT2D eigenvalue weighted by atomic mass is 9.70. The molecule has 54 heavy (non-hydrogen) atoms. The number of aryl methyl sites for hydroxylation is 1. The maximum Gasteiger partial charge on any atom is 0.119 e. The maximum absolute atomic E-state index is 5.51. The van der Waals surface area contributed by atoms with Crippen LogP contribution in [-0.4, -0.2) is 21.3 Å². The van der Waals surface area contributed by atoms with Crippen molar-refractivity contribution in [2.75, 3.05) is 26.6 Å². The average molecular weight is 706 g/mol. The van der Waals surface area contributed by atoms with Crippen LogP contribution in [0.3, 0.4) is 0 Å². The lowest BCUT2D eigenvalue weighted by molar-refractivity contribution is 0.414. The Morgan fingerprint density at radius 3 is 1.56 bits per heavy atom. The van der Waals surface area contributed by atoms with Gasteiger partial charge in [0.05, 0.1) is 26.7 Å². The zero-order valence-electron chi connectivity index (χ0n) is 30.9. The van der Waals surface area contributed by atoms with Crippen LogP contribution in [0.4, 0.5) is 11.4 Å². The molecule has 0 aliphatic heterocycles. The summed E-state index contributed by atoms with van der Waals surface area (Å²) in [4.78, 5) is 0. The van der Waals surface area contributed by atoms with Gasteiger partial charge in [-0.15, -0.1) is 0 Å². The molecule has 2 aliphatic carbocycles. The third kappa shape index (κ3) is 5.70. The van der Waals surface area contributed by atoms with E-state index in [1.54, 1.807) is 21.3 Å². The van der Waals surface area contributed by atoms with E-state index in [0.717, 1.165) is 47.9 Å². The number of hydrogen-bond donors (Lipinski definition) is 1. The smallest absolute Gasteiger partial charge is 0.119 e. The summed E-state index contributed by atoms with van der Waals surface area (Å²) in [5.74, 6) is 2.94. The van der Waals surface area contributed by atoms with Crippen molar-refractivity contribution < 1.29 is 14.2 Å². The van der Waals surface area contributed by atoms with Crippen molar-refractivity contribution in [1.82, 2.24) is 0 Å². The molecule has 4 heteroatoms. The van der Waals surface area contributed by atoms with Crippen molar-refractivity contribution >= 4 is 11.4 Å². The van der Waals surface area contributed by atoms with E-state index in [2.05, 4.69) is 151 Å². The molecule has 0 heterocycles. The Balaban J connectivity index is 1.12. The first-order chi connectivity index (χ1) is 26.6. The number of ether oxygens (including phenoxy) is 3. The first-order valence-corrected chi connectivity index (χ1v) is 18.7. The van der Waals surface area contributed by atoms with Gasteiger partial charge in [-0.25, -0.2) is 0 Å². The van der Waals surface area contributed by atoms with E-state index in [9.17, 15) is 0 Å². The largest absolute Gasteiger partial charge is 0.497 e. The Kier molecular flexibility index (Phi) is 8.67. The van der Waals surface area contributed by atoms with Crippen LogP contribution in [0, 0.1) is 0 Å². The molecule has 0 amide bonds. The molecule has 2 atom stereocenters. The number of rotatable bonds is 11. The maximum atomic E-state index is 5.51. The zero-order chi connectivity index (χ0) is 36.6. The van der Waals surface area contributed by atoms with Crippen molar-refractivity contribution in [1.29, 1.82) is 0 Å². The van der Waals surface area contributed by atoms with E-state index in [4.69, 9.17) is 14.2 Å². The van der Waals surface area contributed by atoms with Gasteiger partial charge in [0.15, 0.2) is 0 Å². The highest BCUT2D eigenvalue weighted by molar-refractivity contribution is 5.95. The van der Waals surface area contributed by atoms with Gasteiger partial charge in [0.25, 0.3) is 0 Å². The highest BCUT2D eigenvalue weighted by Crippen LogP contribution is 2.63. The van der Waals surface area contributed by atoms with Gasteiger partial charge in [-0.3, -0.25) is 0 Å². The number of nitrogens with one attached hydrogen (secondary N) is 1. The van der Waals surface area contributed by atoms with Crippen LogP contribution < -0.4 is 19.5 Å². The van der Waals surface area contributed by atoms with Crippen LogP contribution in [0.5, 0.6) is 17.2 Å². The molecule has 0 fully saturated rings. The van der Waals surface area contributed by atoms with Crippen LogP contribution in [0.1, 0.15) is 51.3 Å². The van der Waals surface area contributed by atoms with Gasteiger partial charge in [-0.05, 0) is 147 Å². The molecule has 9 rings (SSSR count). The fourth-order valence-electron chi connectivity index (χ4n) is 8.91. The Morgan fingerprint density at radius 2 is 0.944 bits per heavy atom. The van der Waals surface area contributed by atoms with Crippen molar-refractivity contribution in [3.63, 3.8) is 0 Å². The first-order valence-electron chi connectivity index (χ1n) is 18.7. The van der Waals surface area contributed by atoms with Crippen LogP contribution in [0.25, 0.3) is 22.3 Å². The minimum Gasteiger partial charge on any atom is -0.497 e. The number of methoxy groups -OCH3 is 3. The summed E-state index contributed by atoms with van der Waals surface area (Å²) < 4.78 is 16.4. The summed E-state index contributed by atoms with van der Waals surface area (Å²) in [6, 6.07) is 57.4. The number of fused-ring (bicyclic) bond motifs is 10. The summed E-state index contributed by atoms with van der Waals surface area (Å²) in [5.41, 5.74) is 16.2. The topological polar surface area (TPSA) is 39.7 Å². The molecule has 2 unspecified atom stereocenters.